The van der Waals surface area contributed by atoms with Crippen molar-refractivity contribution in [2.45, 2.75) is 4.90 Å². The third-order valence-electron chi connectivity index (χ3n) is 3.36. The Hall–Kier alpha value is -1.93. The Balaban J connectivity index is 2.35. The lowest BCUT2D eigenvalue weighted by Gasteiger charge is -2.14. The fourth-order valence-corrected chi connectivity index (χ4v) is 2.85. The normalized spacial score (nSPS) is 10.6. The third-order valence-corrected chi connectivity index (χ3v) is 3.82. The minimum atomic E-state index is 0.993. The summed E-state index contributed by atoms with van der Waals surface area (Å²) < 4.78 is 0. The van der Waals surface area contributed by atoms with E-state index in [1.54, 1.807) is 0 Å². The summed E-state index contributed by atoms with van der Waals surface area (Å²) in [5, 5.41) is 5.70. The molecule has 0 amide bonds. The van der Waals surface area contributed by atoms with Gasteiger partial charge in [-0.25, -0.2) is 0 Å². The molecule has 0 fully saturated rings. The van der Waals surface area contributed by atoms with Crippen LogP contribution in [0.4, 0.5) is 5.69 Å². The molecule has 3 aromatic rings. The minimum absolute atomic E-state index is 0.993. The van der Waals surface area contributed by atoms with Crippen LogP contribution in [0, 0.1) is 0 Å². The highest BCUT2D eigenvalue weighted by Gasteiger charge is 2.10. The first-order chi connectivity index (χ1) is 9.31. The highest BCUT2D eigenvalue weighted by molar-refractivity contribution is 7.80. The lowest BCUT2D eigenvalue weighted by atomic mass is 9.99. The maximum Gasteiger partial charge on any atom is 0.0559 e. The molecule has 0 atom stereocenters. The number of fused-ring (bicyclic) bond motifs is 1. The monoisotopic (exact) mass is 265 g/mol. The van der Waals surface area contributed by atoms with E-state index in [1.165, 1.54) is 16.3 Å². The maximum absolute atomic E-state index is 4.72. The molecule has 0 bridgehead atoms. The summed E-state index contributed by atoms with van der Waals surface area (Å²) in [7, 11) is 1.94. The zero-order valence-electron chi connectivity index (χ0n) is 10.7. The van der Waals surface area contributed by atoms with Gasteiger partial charge in [0.25, 0.3) is 0 Å². The van der Waals surface area contributed by atoms with Crippen molar-refractivity contribution in [2.24, 2.45) is 0 Å². The Bertz CT molecular complexity index is 720. The van der Waals surface area contributed by atoms with E-state index in [9.17, 15) is 0 Å². The number of hydrogen-bond acceptors (Lipinski definition) is 2. The Labute approximate surface area is 118 Å². The molecule has 0 aliphatic carbocycles. The third kappa shape index (κ3) is 2.08. The van der Waals surface area contributed by atoms with E-state index in [0.717, 1.165) is 16.1 Å². The average molecular weight is 265 g/mol. The quantitative estimate of drug-likeness (QED) is 0.632. The van der Waals surface area contributed by atoms with E-state index < -0.39 is 0 Å². The lowest BCUT2D eigenvalue weighted by Crippen LogP contribution is -1.94. The van der Waals surface area contributed by atoms with Gasteiger partial charge in [-0.1, -0.05) is 54.6 Å². The highest BCUT2D eigenvalue weighted by Crippen LogP contribution is 2.38. The van der Waals surface area contributed by atoms with Crippen LogP contribution in [0.15, 0.2) is 65.6 Å². The first-order valence-corrected chi connectivity index (χ1v) is 6.74. The molecule has 0 heterocycles. The molecular formula is C17H15NS. The topological polar surface area (TPSA) is 12.0 Å². The fraction of sp³-hybridized carbons (Fsp3) is 0.0588. The molecule has 0 aliphatic rings. The fourth-order valence-electron chi connectivity index (χ4n) is 2.43. The van der Waals surface area contributed by atoms with Crippen molar-refractivity contribution in [3.63, 3.8) is 0 Å². The van der Waals surface area contributed by atoms with Gasteiger partial charge in [-0.2, -0.15) is 0 Å². The molecule has 0 aliphatic heterocycles. The van der Waals surface area contributed by atoms with Gasteiger partial charge < -0.3 is 5.32 Å². The average Bonchev–Trinajstić information content (AvgIpc) is 2.47. The lowest BCUT2D eigenvalue weighted by molar-refractivity contribution is 1.42. The number of rotatable bonds is 2. The molecule has 19 heavy (non-hydrogen) atoms. The molecule has 2 heteroatoms. The van der Waals surface area contributed by atoms with E-state index in [4.69, 9.17) is 12.6 Å². The second kappa shape index (κ2) is 4.98. The van der Waals surface area contributed by atoms with Crippen LogP contribution in [-0.2, 0) is 0 Å². The number of benzene rings is 3. The van der Waals surface area contributed by atoms with Crippen molar-refractivity contribution >= 4 is 29.1 Å². The van der Waals surface area contributed by atoms with Crippen LogP contribution in [0.5, 0.6) is 0 Å². The summed E-state index contributed by atoms with van der Waals surface area (Å²) in [4.78, 5) is 0.993. The molecule has 0 saturated heterocycles. The van der Waals surface area contributed by atoms with E-state index in [2.05, 4.69) is 59.9 Å². The summed E-state index contributed by atoms with van der Waals surface area (Å²) in [6.45, 7) is 0. The zero-order valence-corrected chi connectivity index (χ0v) is 11.6. The van der Waals surface area contributed by atoms with Gasteiger partial charge in [0.2, 0.25) is 0 Å². The molecular weight excluding hydrogens is 250 g/mol. The van der Waals surface area contributed by atoms with Crippen LogP contribution in [0.1, 0.15) is 0 Å². The molecule has 0 radical (unpaired) electrons. The molecule has 3 rings (SSSR count). The van der Waals surface area contributed by atoms with Crippen LogP contribution in [0.25, 0.3) is 21.9 Å². The molecule has 1 nitrogen and oxygen atoms in total. The van der Waals surface area contributed by atoms with Crippen LogP contribution in [0.2, 0.25) is 0 Å². The maximum atomic E-state index is 4.72. The number of nitrogens with one attached hydrogen (secondary N) is 1. The van der Waals surface area contributed by atoms with Gasteiger partial charge >= 0.3 is 0 Å². The van der Waals surface area contributed by atoms with Crippen molar-refractivity contribution < 1.29 is 0 Å². The zero-order chi connectivity index (χ0) is 13.2. The molecule has 0 unspecified atom stereocenters. The SMILES string of the molecule is CNc1c(S)c(-c2ccccc2)cc2ccccc12. The van der Waals surface area contributed by atoms with E-state index >= 15 is 0 Å². The standard InChI is InChI=1S/C17H15NS/c1-18-16-14-10-6-5-9-13(14)11-15(17(16)19)12-7-3-2-4-8-12/h2-11,18-19H,1H3. The predicted molar refractivity (Wildman–Crippen MR) is 86.2 cm³/mol. The summed E-state index contributed by atoms with van der Waals surface area (Å²) >= 11 is 4.72. The summed E-state index contributed by atoms with van der Waals surface area (Å²) in [6.07, 6.45) is 0. The van der Waals surface area contributed by atoms with Crippen molar-refractivity contribution in [3.05, 3.63) is 60.7 Å². The summed E-state index contributed by atoms with van der Waals surface area (Å²) in [5.74, 6) is 0. The molecule has 94 valence electrons. The second-order valence-electron chi connectivity index (χ2n) is 4.48. The first-order valence-electron chi connectivity index (χ1n) is 6.29. The Morgan fingerprint density at radius 2 is 1.58 bits per heavy atom. The number of thiol groups is 1. The Morgan fingerprint density at radius 1 is 0.895 bits per heavy atom. The molecule has 1 N–H and O–H groups in total. The van der Waals surface area contributed by atoms with Gasteiger partial charge in [0.15, 0.2) is 0 Å². The highest BCUT2D eigenvalue weighted by atomic mass is 32.1. The predicted octanol–water partition coefficient (Wildman–Crippen LogP) is 4.84. The molecule has 0 aromatic heterocycles. The second-order valence-corrected chi connectivity index (χ2v) is 4.93. The van der Waals surface area contributed by atoms with E-state index in [0.29, 0.717) is 0 Å². The van der Waals surface area contributed by atoms with Crippen LogP contribution < -0.4 is 5.32 Å². The van der Waals surface area contributed by atoms with Gasteiger partial charge in [0.1, 0.15) is 0 Å². The van der Waals surface area contributed by atoms with Gasteiger partial charge in [0, 0.05) is 17.3 Å². The van der Waals surface area contributed by atoms with Gasteiger partial charge in [-0.05, 0) is 22.6 Å². The summed E-state index contributed by atoms with van der Waals surface area (Å²) in [5.41, 5.74) is 3.43. The summed E-state index contributed by atoms with van der Waals surface area (Å²) in [6, 6.07) is 20.9. The Morgan fingerprint density at radius 3 is 2.32 bits per heavy atom. The smallest absolute Gasteiger partial charge is 0.0559 e. The van der Waals surface area contributed by atoms with Crippen molar-refractivity contribution in [2.75, 3.05) is 12.4 Å². The largest absolute Gasteiger partial charge is 0.387 e. The van der Waals surface area contributed by atoms with Crippen LogP contribution in [0.3, 0.4) is 0 Å². The minimum Gasteiger partial charge on any atom is -0.387 e. The van der Waals surface area contributed by atoms with E-state index in [-0.39, 0.29) is 0 Å². The Kier molecular flexibility index (Phi) is 3.18. The van der Waals surface area contributed by atoms with Crippen molar-refractivity contribution in [1.82, 2.24) is 0 Å². The van der Waals surface area contributed by atoms with Crippen LogP contribution >= 0.6 is 12.6 Å². The van der Waals surface area contributed by atoms with Gasteiger partial charge in [-0.15, -0.1) is 12.6 Å². The van der Waals surface area contributed by atoms with Gasteiger partial charge in [-0.3, -0.25) is 0 Å². The van der Waals surface area contributed by atoms with Crippen molar-refractivity contribution in [3.8, 4) is 11.1 Å². The molecule has 0 saturated carbocycles. The van der Waals surface area contributed by atoms with E-state index in [1.807, 2.05) is 13.1 Å². The molecule has 3 aromatic carbocycles. The van der Waals surface area contributed by atoms with Crippen LogP contribution in [-0.4, -0.2) is 7.05 Å². The first kappa shape index (κ1) is 12.1. The number of hydrogen-bond donors (Lipinski definition) is 2. The van der Waals surface area contributed by atoms with Crippen molar-refractivity contribution in [1.29, 1.82) is 0 Å². The van der Waals surface area contributed by atoms with Gasteiger partial charge in [0.05, 0.1) is 5.69 Å². The molecule has 0 spiro atoms. The number of anilines is 1.